The van der Waals surface area contributed by atoms with Crippen LogP contribution in [-0.2, 0) is 0 Å². The molecule has 2 heterocycles. The number of nitrogens with zero attached hydrogens (tertiary/aromatic N) is 4. The molecule has 1 N–H and O–H groups in total. The maximum absolute atomic E-state index is 11.1. The van der Waals surface area contributed by atoms with Crippen molar-refractivity contribution in [2.45, 2.75) is 32.7 Å². The molecule has 2 rings (SSSR count). The minimum absolute atomic E-state index is 0.0226. The summed E-state index contributed by atoms with van der Waals surface area (Å²) in [6.45, 7) is 6.37. The van der Waals surface area contributed by atoms with E-state index in [1.54, 1.807) is 6.92 Å². The second-order valence-corrected chi connectivity index (χ2v) is 5.18. The fourth-order valence-corrected chi connectivity index (χ4v) is 2.84. The van der Waals surface area contributed by atoms with E-state index in [1.807, 2.05) is 0 Å². The Balaban J connectivity index is 2.14. The first kappa shape index (κ1) is 14.9. The molecule has 110 valence electrons. The van der Waals surface area contributed by atoms with Crippen LogP contribution in [0.4, 0.5) is 11.5 Å². The van der Waals surface area contributed by atoms with Crippen molar-refractivity contribution in [3.63, 3.8) is 0 Å². The Kier molecular flexibility index (Phi) is 4.72. The number of likely N-dealkylation sites (N-methyl/N-ethyl adjacent to an activating group) is 1. The Bertz CT molecular complexity index is 511. The monoisotopic (exact) mass is 299 g/mol. The van der Waals surface area contributed by atoms with Crippen molar-refractivity contribution in [2.24, 2.45) is 0 Å². The van der Waals surface area contributed by atoms with Crippen LogP contribution in [0.5, 0.6) is 0 Å². The molecule has 1 unspecified atom stereocenters. The minimum atomic E-state index is -0.472. The number of nitro groups is 1. The summed E-state index contributed by atoms with van der Waals surface area (Å²) in [4.78, 5) is 20.8. The van der Waals surface area contributed by atoms with Gasteiger partial charge in [-0.2, -0.15) is 4.98 Å². The Morgan fingerprint density at radius 2 is 2.30 bits per heavy atom. The van der Waals surface area contributed by atoms with E-state index in [9.17, 15) is 10.1 Å². The van der Waals surface area contributed by atoms with Crippen LogP contribution in [-0.4, -0.2) is 45.5 Å². The fourth-order valence-electron chi connectivity index (χ4n) is 2.63. The number of likely N-dealkylation sites (tertiary alicyclic amines) is 1. The molecule has 1 atom stereocenters. The van der Waals surface area contributed by atoms with Crippen LogP contribution in [0, 0.1) is 17.0 Å². The van der Waals surface area contributed by atoms with Gasteiger partial charge in [0, 0.05) is 12.6 Å². The highest BCUT2D eigenvalue weighted by Crippen LogP contribution is 2.27. The minimum Gasteiger partial charge on any atom is -0.363 e. The van der Waals surface area contributed by atoms with E-state index in [0.29, 0.717) is 12.6 Å². The summed E-state index contributed by atoms with van der Waals surface area (Å²) in [5.41, 5.74) is 0.173. The number of hydrogen-bond acceptors (Lipinski definition) is 6. The molecule has 1 aromatic rings. The van der Waals surface area contributed by atoms with Crippen LogP contribution in [0.15, 0.2) is 0 Å². The quantitative estimate of drug-likeness (QED) is 0.510. The summed E-state index contributed by atoms with van der Waals surface area (Å²) < 4.78 is 0. The lowest BCUT2D eigenvalue weighted by Crippen LogP contribution is -2.34. The number of aryl methyl sites for hydroxylation is 1. The lowest BCUT2D eigenvalue weighted by atomic mass is 10.2. The average molecular weight is 300 g/mol. The van der Waals surface area contributed by atoms with Gasteiger partial charge in [-0.05, 0) is 44.5 Å². The zero-order valence-electron chi connectivity index (χ0n) is 11.6. The van der Waals surface area contributed by atoms with Crippen molar-refractivity contribution in [1.29, 1.82) is 0 Å². The summed E-state index contributed by atoms with van der Waals surface area (Å²) in [5, 5.41) is 14.2. The molecule has 7 nitrogen and oxygen atoms in total. The van der Waals surface area contributed by atoms with Crippen molar-refractivity contribution in [2.75, 3.05) is 25.0 Å². The van der Waals surface area contributed by atoms with Gasteiger partial charge in [0.05, 0.1) is 4.92 Å². The van der Waals surface area contributed by atoms with Gasteiger partial charge in [0.25, 0.3) is 0 Å². The van der Waals surface area contributed by atoms with Crippen LogP contribution < -0.4 is 5.32 Å². The maximum Gasteiger partial charge on any atom is 0.332 e. The fraction of sp³-hybridized carbons (Fsp3) is 0.667. The molecule has 0 amide bonds. The Labute approximate surface area is 122 Å². The van der Waals surface area contributed by atoms with Crippen LogP contribution in [0.1, 0.15) is 25.5 Å². The third-order valence-corrected chi connectivity index (χ3v) is 3.79. The molecule has 0 bridgehead atoms. The normalized spacial score (nSPS) is 19.2. The second kappa shape index (κ2) is 6.32. The Hall–Kier alpha value is -1.47. The SMILES string of the molecule is CCN1CCCC1CNc1nc(Cl)nc(C)c1[N+](=O)[O-]. The van der Waals surface area contributed by atoms with E-state index in [1.165, 1.54) is 0 Å². The molecule has 1 aliphatic heterocycles. The molecule has 20 heavy (non-hydrogen) atoms. The van der Waals surface area contributed by atoms with Gasteiger partial charge in [-0.15, -0.1) is 0 Å². The maximum atomic E-state index is 11.1. The van der Waals surface area contributed by atoms with E-state index >= 15 is 0 Å². The van der Waals surface area contributed by atoms with Crippen LogP contribution in [0.3, 0.4) is 0 Å². The van der Waals surface area contributed by atoms with Crippen LogP contribution >= 0.6 is 11.6 Å². The first-order valence-corrected chi connectivity index (χ1v) is 7.07. The number of nitrogens with one attached hydrogen (secondary N) is 1. The molecular weight excluding hydrogens is 282 g/mol. The van der Waals surface area contributed by atoms with Crippen molar-refractivity contribution in [3.05, 3.63) is 21.1 Å². The largest absolute Gasteiger partial charge is 0.363 e. The van der Waals surface area contributed by atoms with Crippen LogP contribution in [0.2, 0.25) is 5.28 Å². The predicted molar refractivity (Wildman–Crippen MR) is 77.2 cm³/mol. The van der Waals surface area contributed by atoms with Gasteiger partial charge >= 0.3 is 5.69 Å². The summed E-state index contributed by atoms with van der Waals surface area (Å²) in [6, 6.07) is 0.383. The van der Waals surface area contributed by atoms with E-state index in [0.717, 1.165) is 25.9 Å². The first-order chi connectivity index (χ1) is 9.52. The highest BCUT2D eigenvalue weighted by molar-refractivity contribution is 6.28. The highest BCUT2D eigenvalue weighted by atomic mass is 35.5. The summed E-state index contributed by atoms with van der Waals surface area (Å²) in [6.07, 6.45) is 2.25. The molecule has 0 saturated carbocycles. The van der Waals surface area contributed by atoms with Gasteiger partial charge in [-0.25, -0.2) is 4.98 Å². The number of aromatic nitrogens is 2. The molecule has 8 heteroatoms. The van der Waals surface area contributed by atoms with Gasteiger partial charge in [0.15, 0.2) is 0 Å². The van der Waals surface area contributed by atoms with Crippen molar-refractivity contribution in [3.8, 4) is 0 Å². The second-order valence-electron chi connectivity index (χ2n) is 4.84. The smallest absolute Gasteiger partial charge is 0.332 e. The van der Waals surface area contributed by atoms with Gasteiger partial charge < -0.3 is 5.32 Å². The zero-order chi connectivity index (χ0) is 14.7. The molecule has 0 aromatic carbocycles. The zero-order valence-corrected chi connectivity index (χ0v) is 12.4. The molecule has 1 aliphatic rings. The average Bonchev–Trinajstić information content (AvgIpc) is 2.82. The number of hydrogen-bond donors (Lipinski definition) is 1. The van der Waals surface area contributed by atoms with Crippen LogP contribution in [0.25, 0.3) is 0 Å². The molecule has 0 spiro atoms. The van der Waals surface area contributed by atoms with Crippen molar-refractivity contribution >= 4 is 23.1 Å². The summed E-state index contributed by atoms with van der Waals surface area (Å²) in [5.74, 6) is 0.204. The summed E-state index contributed by atoms with van der Waals surface area (Å²) in [7, 11) is 0. The number of halogens is 1. The lowest BCUT2D eigenvalue weighted by Gasteiger charge is -2.23. The van der Waals surface area contributed by atoms with E-state index in [2.05, 4.69) is 27.1 Å². The number of anilines is 1. The highest BCUT2D eigenvalue weighted by Gasteiger charge is 2.26. The third kappa shape index (κ3) is 3.16. The third-order valence-electron chi connectivity index (χ3n) is 3.62. The summed E-state index contributed by atoms with van der Waals surface area (Å²) >= 11 is 5.78. The molecule has 1 fully saturated rings. The number of rotatable bonds is 5. The van der Waals surface area contributed by atoms with E-state index in [-0.39, 0.29) is 22.5 Å². The van der Waals surface area contributed by atoms with Gasteiger partial charge in [0.2, 0.25) is 11.1 Å². The van der Waals surface area contributed by atoms with E-state index < -0.39 is 4.92 Å². The molecule has 1 saturated heterocycles. The first-order valence-electron chi connectivity index (χ1n) is 6.69. The van der Waals surface area contributed by atoms with Gasteiger partial charge in [-0.1, -0.05) is 6.92 Å². The molecule has 1 aromatic heterocycles. The van der Waals surface area contributed by atoms with Gasteiger partial charge in [-0.3, -0.25) is 15.0 Å². The lowest BCUT2D eigenvalue weighted by molar-refractivity contribution is -0.385. The predicted octanol–water partition coefficient (Wildman–Crippen LogP) is 2.24. The standard InChI is InChI=1S/C12H18ClN5O2/c1-3-17-6-4-5-9(17)7-14-11-10(18(19)20)8(2)15-12(13)16-11/h9H,3-7H2,1-2H3,(H,14,15,16). The Morgan fingerprint density at radius 1 is 1.55 bits per heavy atom. The van der Waals surface area contributed by atoms with Crippen molar-refractivity contribution < 1.29 is 4.92 Å². The Morgan fingerprint density at radius 3 is 2.95 bits per heavy atom. The van der Waals surface area contributed by atoms with E-state index in [4.69, 9.17) is 11.6 Å². The molecular formula is C12H18ClN5O2. The molecule has 0 aliphatic carbocycles. The molecule has 0 radical (unpaired) electrons. The van der Waals surface area contributed by atoms with Gasteiger partial charge in [0.1, 0.15) is 5.69 Å². The topological polar surface area (TPSA) is 84.2 Å². The van der Waals surface area contributed by atoms with Crippen molar-refractivity contribution in [1.82, 2.24) is 14.9 Å².